The lowest BCUT2D eigenvalue weighted by molar-refractivity contribution is -0.117. The molecule has 1 heterocycles. The van der Waals surface area contributed by atoms with Crippen LogP contribution in [0.5, 0.6) is 0 Å². The highest BCUT2D eigenvalue weighted by Gasteiger charge is 2.19. The molecule has 0 aromatic carbocycles. The van der Waals surface area contributed by atoms with Gasteiger partial charge in [-0.1, -0.05) is 6.58 Å². The highest BCUT2D eigenvalue weighted by atomic mass is 16.1. The van der Waals surface area contributed by atoms with E-state index in [-0.39, 0.29) is 5.91 Å². The Balaban J connectivity index is 2.11. The van der Waals surface area contributed by atoms with E-state index < -0.39 is 0 Å². The van der Waals surface area contributed by atoms with Crippen molar-refractivity contribution in [1.82, 2.24) is 10.6 Å². The average Bonchev–Trinajstić information content (AvgIpc) is 2.64. The molecule has 2 N–H and O–H groups in total. The zero-order chi connectivity index (χ0) is 7.56. The van der Waals surface area contributed by atoms with Crippen LogP contribution < -0.4 is 10.6 Å². The van der Waals surface area contributed by atoms with Crippen molar-refractivity contribution in [2.45, 2.75) is 13.0 Å². The molecule has 1 fully saturated rings. The van der Waals surface area contributed by atoms with E-state index in [1.54, 1.807) is 6.92 Å². The Kier molecular flexibility index (Phi) is 2.06. The Labute approximate surface area is 60.5 Å². The Morgan fingerprint density at radius 3 is 2.90 bits per heavy atom. The minimum atomic E-state index is -0.0475. The Hall–Kier alpha value is -0.830. The molecule has 3 heteroatoms. The summed E-state index contributed by atoms with van der Waals surface area (Å²) in [4.78, 5) is 10.8. The molecule has 1 amide bonds. The number of nitrogens with one attached hydrogen (secondary N) is 2. The van der Waals surface area contributed by atoms with Gasteiger partial charge in [-0.15, -0.1) is 0 Å². The molecule has 1 atom stereocenters. The van der Waals surface area contributed by atoms with Crippen LogP contribution >= 0.6 is 0 Å². The number of rotatable bonds is 3. The SMILES string of the molecule is C=C(C)C(=O)NCC1CN1. The predicted molar refractivity (Wildman–Crippen MR) is 39.6 cm³/mol. The minimum absolute atomic E-state index is 0.0475. The molecule has 10 heavy (non-hydrogen) atoms. The molecule has 0 saturated carbocycles. The third-order valence-corrected chi connectivity index (χ3v) is 1.39. The van der Waals surface area contributed by atoms with Crippen LogP contribution in [0.25, 0.3) is 0 Å². The van der Waals surface area contributed by atoms with E-state index in [2.05, 4.69) is 17.2 Å². The molecular weight excluding hydrogens is 128 g/mol. The lowest BCUT2D eigenvalue weighted by atomic mass is 10.3. The van der Waals surface area contributed by atoms with Gasteiger partial charge in [-0.05, 0) is 6.92 Å². The van der Waals surface area contributed by atoms with E-state index in [1.165, 1.54) is 0 Å². The smallest absolute Gasteiger partial charge is 0.246 e. The van der Waals surface area contributed by atoms with Crippen molar-refractivity contribution < 1.29 is 4.79 Å². The van der Waals surface area contributed by atoms with Gasteiger partial charge < -0.3 is 10.6 Å². The molecule has 0 aliphatic carbocycles. The van der Waals surface area contributed by atoms with Crippen LogP contribution in [0.4, 0.5) is 0 Å². The standard InChI is InChI=1S/C7H12N2O/c1-5(2)7(10)9-4-6-3-8-6/h6,8H,1,3-4H2,2H3,(H,9,10). The predicted octanol–water partition coefficient (Wildman–Crippen LogP) is -0.350. The van der Waals surface area contributed by atoms with Crippen molar-refractivity contribution in [3.8, 4) is 0 Å². The van der Waals surface area contributed by atoms with E-state index in [4.69, 9.17) is 0 Å². The number of carbonyl (C=O) groups is 1. The molecule has 0 radical (unpaired) electrons. The van der Waals surface area contributed by atoms with Gasteiger partial charge in [-0.2, -0.15) is 0 Å². The van der Waals surface area contributed by atoms with Crippen molar-refractivity contribution in [1.29, 1.82) is 0 Å². The molecule has 1 unspecified atom stereocenters. The monoisotopic (exact) mass is 140 g/mol. The minimum Gasteiger partial charge on any atom is -0.351 e. The topological polar surface area (TPSA) is 51.0 Å². The molecule has 3 nitrogen and oxygen atoms in total. The van der Waals surface area contributed by atoms with E-state index in [1.807, 2.05) is 0 Å². The van der Waals surface area contributed by atoms with Crippen LogP contribution in [0.3, 0.4) is 0 Å². The molecule has 0 bridgehead atoms. The summed E-state index contributed by atoms with van der Waals surface area (Å²) in [6.07, 6.45) is 0. The Morgan fingerprint density at radius 1 is 1.90 bits per heavy atom. The lowest BCUT2D eigenvalue weighted by Crippen LogP contribution is -2.28. The van der Waals surface area contributed by atoms with Crippen molar-refractivity contribution in [2.24, 2.45) is 0 Å². The maximum atomic E-state index is 10.8. The van der Waals surface area contributed by atoms with E-state index in [0.717, 1.165) is 13.1 Å². The Bertz CT molecular complexity index is 161. The van der Waals surface area contributed by atoms with Crippen molar-refractivity contribution in [2.75, 3.05) is 13.1 Å². The molecule has 1 aliphatic rings. The highest BCUT2D eigenvalue weighted by Crippen LogP contribution is 1.94. The molecule has 56 valence electrons. The summed E-state index contributed by atoms with van der Waals surface area (Å²) in [6, 6.07) is 0.503. The number of hydrogen-bond acceptors (Lipinski definition) is 2. The van der Waals surface area contributed by atoms with Gasteiger partial charge in [0.15, 0.2) is 0 Å². The fourth-order valence-corrected chi connectivity index (χ4v) is 0.594. The number of carbonyl (C=O) groups excluding carboxylic acids is 1. The van der Waals surface area contributed by atoms with Crippen LogP contribution in [0.2, 0.25) is 0 Å². The van der Waals surface area contributed by atoms with Gasteiger partial charge in [0.1, 0.15) is 0 Å². The van der Waals surface area contributed by atoms with Gasteiger partial charge in [0.25, 0.3) is 0 Å². The second-order valence-electron chi connectivity index (χ2n) is 2.60. The van der Waals surface area contributed by atoms with Gasteiger partial charge in [-0.3, -0.25) is 4.79 Å². The molecular formula is C7H12N2O. The van der Waals surface area contributed by atoms with Crippen LogP contribution in [0.15, 0.2) is 12.2 Å². The van der Waals surface area contributed by atoms with Gasteiger partial charge in [0, 0.05) is 24.7 Å². The summed E-state index contributed by atoms with van der Waals surface area (Å²) in [6.45, 7) is 6.98. The van der Waals surface area contributed by atoms with Crippen molar-refractivity contribution in [3.63, 3.8) is 0 Å². The second-order valence-corrected chi connectivity index (χ2v) is 2.60. The fourth-order valence-electron chi connectivity index (χ4n) is 0.594. The van der Waals surface area contributed by atoms with Gasteiger partial charge in [-0.25, -0.2) is 0 Å². The van der Waals surface area contributed by atoms with Gasteiger partial charge >= 0.3 is 0 Å². The third-order valence-electron chi connectivity index (χ3n) is 1.39. The average molecular weight is 140 g/mol. The summed E-state index contributed by atoms with van der Waals surface area (Å²) in [7, 11) is 0. The first-order valence-electron chi connectivity index (χ1n) is 3.37. The maximum Gasteiger partial charge on any atom is 0.246 e. The zero-order valence-electron chi connectivity index (χ0n) is 6.11. The van der Waals surface area contributed by atoms with Crippen LogP contribution in [0.1, 0.15) is 6.92 Å². The zero-order valence-corrected chi connectivity index (χ0v) is 6.11. The van der Waals surface area contributed by atoms with E-state index >= 15 is 0 Å². The van der Waals surface area contributed by atoms with Crippen molar-refractivity contribution >= 4 is 5.91 Å². The molecule has 0 aromatic rings. The summed E-state index contributed by atoms with van der Waals surface area (Å²) >= 11 is 0. The maximum absolute atomic E-state index is 10.8. The summed E-state index contributed by atoms with van der Waals surface area (Å²) in [5.74, 6) is -0.0475. The van der Waals surface area contributed by atoms with E-state index in [9.17, 15) is 4.79 Å². The molecule has 1 aliphatic heterocycles. The van der Waals surface area contributed by atoms with Crippen molar-refractivity contribution in [3.05, 3.63) is 12.2 Å². The summed E-state index contributed by atoms with van der Waals surface area (Å²) < 4.78 is 0. The highest BCUT2D eigenvalue weighted by molar-refractivity contribution is 5.92. The molecule has 0 spiro atoms. The molecule has 1 saturated heterocycles. The summed E-state index contributed by atoms with van der Waals surface area (Å²) in [5, 5.41) is 5.83. The number of amides is 1. The first-order valence-corrected chi connectivity index (χ1v) is 3.37. The quantitative estimate of drug-likeness (QED) is 0.416. The second kappa shape index (κ2) is 2.84. The molecule has 1 rings (SSSR count). The fraction of sp³-hybridized carbons (Fsp3) is 0.571. The normalized spacial score (nSPS) is 21.9. The van der Waals surface area contributed by atoms with Crippen LogP contribution in [-0.2, 0) is 4.79 Å². The van der Waals surface area contributed by atoms with Gasteiger partial charge in [0.05, 0.1) is 0 Å². The van der Waals surface area contributed by atoms with Gasteiger partial charge in [0.2, 0.25) is 5.91 Å². The lowest BCUT2D eigenvalue weighted by Gasteiger charge is -2.00. The third kappa shape index (κ3) is 2.19. The Morgan fingerprint density at radius 2 is 2.50 bits per heavy atom. The summed E-state index contributed by atoms with van der Waals surface area (Å²) in [5.41, 5.74) is 0.570. The largest absolute Gasteiger partial charge is 0.351 e. The van der Waals surface area contributed by atoms with Crippen LogP contribution in [0, 0.1) is 0 Å². The van der Waals surface area contributed by atoms with E-state index in [0.29, 0.717) is 11.6 Å². The number of hydrogen-bond donors (Lipinski definition) is 2. The first-order chi connectivity index (χ1) is 4.70. The van der Waals surface area contributed by atoms with Crippen LogP contribution in [-0.4, -0.2) is 25.0 Å². The first kappa shape index (κ1) is 7.28. The molecule has 0 aromatic heterocycles.